The molecule has 1 aliphatic heterocycles. The van der Waals surface area contributed by atoms with Crippen LogP contribution in [0.15, 0.2) is 30.3 Å². The molecule has 0 radical (unpaired) electrons. The van der Waals surface area contributed by atoms with Crippen molar-refractivity contribution in [3.63, 3.8) is 0 Å². The molecule has 0 unspecified atom stereocenters. The summed E-state index contributed by atoms with van der Waals surface area (Å²) in [6, 6.07) is 9.76. The molecule has 0 saturated carbocycles. The van der Waals surface area contributed by atoms with Crippen LogP contribution in [0.5, 0.6) is 0 Å². The van der Waals surface area contributed by atoms with E-state index in [9.17, 15) is 4.79 Å². The molecular weight excluding hydrogens is 218 g/mol. The van der Waals surface area contributed by atoms with Crippen molar-refractivity contribution in [1.82, 2.24) is 4.90 Å². The maximum absolute atomic E-state index is 11.7. The monoisotopic (exact) mass is 235 g/mol. The van der Waals surface area contributed by atoms with Crippen LogP contribution >= 0.6 is 0 Å². The van der Waals surface area contributed by atoms with Gasteiger partial charge in [-0.05, 0) is 12.5 Å². The van der Waals surface area contributed by atoms with Crippen molar-refractivity contribution in [2.24, 2.45) is 0 Å². The molecule has 1 saturated heterocycles. The van der Waals surface area contributed by atoms with Crippen LogP contribution < -0.4 is 0 Å². The molecule has 1 aromatic rings. The second-order valence-corrected chi connectivity index (χ2v) is 4.21. The van der Waals surface area contributed by atoms with Crippen molar-refractivity contribution in [2.45, 2.75) is 25.7 Å². The first-order chi connectivity index (χ1) is 8.22. The van der Waals surface area contributed by atoms with Gasteiger partial charge in [-0.15, -0.1) is 0 Å². The van der Waals surface area contributed by atoms with E-state index >= 15 is 0 Å². The molecule has 4 heteroatoms. The number of ether oxygens (including phenoxy) is 2. The number of benzene rings is 1. The summed E-state index contributed by atoms with van der Waals surface area (Å²) in [5.41, 5.74) is 0.998. The summed E-state index contributed by atoms with van der Waals surface area (Å²) >= 11 is 0. The average molecular weight is 235 g/mol. The Morgan fingerprint density at radius 3 is 2.71 bits per heavy atom. The van der Waals surface area contributed by atoms with Crippen LogP contribution in [0.4, 0.5) is 4.79 Å². The summed E-state index contributed by atoms with van der Waals surface area (Å²) in [4.78, 5) is 13.4. The maximum atomic E-state index is 11.7. The van der Waals surface area contributed by atoms with Crippen LogP contribution in [0.25, 0.3) is 0 Å². The Morgan fingerprint density at radius 2 is 2.12 bits per heavy atom. The van der Waals surface area contributed by atoms with E-state index in [0.717, 1.165) is 5.56 Å². The average Bonchev–Trinajstić information content (AvgIpc) is 2.36. The fourth-order valence-electron chi connectivity index (χ4n) is 1.89. The minimum Gasteiger partial charge on any atom is -0.445 e. The third-order valence-electron chi connectivity index (χ3n) is 3.15. The highest BCUT2D eigenvalue weighted by molar-refractivity contribution is 5.69. The number of carbonyl (C=O) groups is 1. The molecule has 1 amide bonds. The maximum Gasteiger partial charge on any atom is 0.410 e. The number of hydrogen-bond donors (Lipinski definition) is 0. The molecule has 0 spiro atoms. The van der Waals surface area contributed by atoms with Gasteiger partial charge in [-0.2, -0.15) is 0 Å². The molecule has 1 aromatic carbocycles. The Kier molecular flexibility index (Phi) is 3.64. The van der Waals surface area contributed by atoms with Gasteiger partial charge in [-0.3, -0.25) is 0 Å². The summed E-state index contributed by atoms with van der Waals surface area (Å²) in [6.07, 6.45) is -0.131. The van der Waals surface area contributed by atoms with Gasteiger partial charge < -0.3 is 14.4 Å². The minimum absolute atomic E-state index is 0.100. The Morgan fingerprint density at radius 1 is 1.41 bits per heavy atom. The summed E-state index contributed by atoms with van der Waals surface area (Å²) in [5, 5.41) is 0. The summed E-state index contributed by atoms with van der Waals surface area (Å²) < 4.78 is 10.4. The first-order valence-electron chi connectivity index (χ1n) is 5.72. The number of hydrogen-bond acceptors (Lipinski definition) is 3. The predicted octanol–water partition coefficient (Wildman–Crippen LogP) is 2.04. The third kappa shape index (κ3) is 2.58. The summed E-state index contributed by atoms with van der Waals surface area (Å²) in [5.74, 6) is 0. The summed E-state index contributed by atoms with van der Waals surface area (Å²) in [6.45, 7) is 2.90. The van der Waals surface area contributed by atoms with Gasteiger partial charge in [-0.1, -0.05) is 30.3 Å². The van der Waals surface area contributed by atoms with Crippen molar-refractivity contribution >= 4 is 6.09 Å². The van der Waals surface area contributed by atoms with Crippen LogP contribution in [-0.4, -0.2) is 36.8 Å². The Bertz CT molecular complexity index is 380. The molecular formula is C13H17NO3. The fourth-order valence-corrected chi connectivity index (χ4v) is 1.89. The second kappa shape index (κ2) is 5.19. The Hall–Kier alpha value is -1.55. The van der Waals surface area contributed by atoms with Crippen LogP contribution in [0, 0.1) is 0 Å². The summed E-state index contributed by atoms with van der Waals surface area (Å²) in [7, 11) is 1.66. The molecule has 0 N–H and O–H groups in total. The number of carbonyl (C=O) groups excluding carboxylic acids is 1. The lowest BCUT2D eigenvalue weighted by Gasteiger charge is -2.44. The van der Waals surface area contributed by atoms with Gasteiger partial charge >= 0.3 is 6.09 Å². The lowest BCUT2D eigenvalue weighted by molar-refractivity contribution is -0.0693. The predicted molar refractivity (Wildman–Crippen MR) is 63.6 cm³/mol. The molecule has 0 aliphatic carbocycles. The quantitative estimate of drug-likeness (QED) is 0.804. The number of rotatable bonds is 3. The Labute approximate surface area is 101 Å². The lowest BCUT2D eigenvalue weighted by Crippen LogP contribution is -2.61. The van der Waals surface area contributed by atoms with E-state index in [1.807, 2.05) is 37.3 Å². The van der Waals surface area contributed by atoms with Gasteiger partial charge in [0.15, 0.2) is 0 Å². The molecule has 4 nitrogen and oxygen atoms in total. The zero-order valence-electron chi connectivity index (χ0n) is 10.1. The standard InChI is InChI=1S/C13H17NO3/c1-10-12(16-2)8-14(10)13(15)17-9-11-6-4-3-5-7-11/h3-7,10,12H,8-9H2,1-2H3/t10-,12-/m1/s1. The van der Waals surface area contributed by atoms with Crippen LogP contribution in [0.2, 0.25) is 0 Å². The molecule has 1 heterocycles. The largest absolute Gasteiger partial charge is 0.445 e. The first kappa shape index (κ1) is 11.9. The highest BCUT2D eigenvalue weighted by Gasteiger charge is 2.39. The third-order valence-corrected chi connectivity index (χ3v) is 3.15. The topological polar surface area (TPSA) is 38.8 Å². The van der Waals surface area contributed by atoms with E-state index in [4.69, 9.17) is 9.47 Å². The van der Waals surface area contributed by atoms with E-state index in [1.54, 1.807) is 12.0 Å². The van der Waals surface area contributed by atoms with E-state index in [0.29, 0.717) is 13.2 Å². The molecule has 0 bridgehead atoms. The second-order valence-electron chi connectivity index (χ2n) is 4.21. The normalized spacial score (nSPS) is 23.1. The smallest absolute Gasteiger partial charge is 0.410 e. The van der Waals surface area contributed by atoms with E-state index in [1.165, 1.54) is 0 Å². The van der Waals surface area contributed by atoms with Crippen LogP contribution in [-0.2, 0) is 16.1 Å². The van der Waals surface area contributed by atoms with E-state index < -0.39 is 0 Å². The Balaban J connectivity index is 1.79. The van der Waals surface area contributed by atoms with Crippen molar-refractivity contribution < 1.29 is 14.3 Å². The molecule has 1 fully saturated rings. The van der Waals surface area contributed by atoms with Gasteiger partial charge in [0.2, 0.25) is 0 Å². The minimum atomic E-state index is -0.269. The lowest BCUT2D eigenvalue weighted by atomic mass is 10.0. The van der Waals surface area contributed by atoms with Gasteiger partial charge in [0.05, 0.1) is 18.7 Å². The molecule has 2 atom stereocenters. The van der Waals surface area contributed by atoms with Crippen molar-refractivity contribution in [3.8, 4) is 0 Å². The van der Waals surface area contributed by atoms with Gasteiger partial charge in [0, 0.05) is 7.11 Å². The highest BCUT2D eigenvalue weighted by Crippen LogP contribution is 2.21. The number of methoxy groups -OCH3 is 1. The SMILES string of the molecule is CO[C@@H]1CN(C(=O)OCc2ccccc2)[C@@H]1C. The van der Waals surface area contributed by atoms with Crippen molar-refractivity contribution in [1.29, 1.82) is 0 Å². The highest BCUT2D eigenvalue weighted by atomic mass is 16.6. The van der Waals surface area contributed by atoms with E-state index in [-0.39, 0.29) is 18.2 Å². The number of likely N-dealkylation sites (tertiary alicyclic amines) is 1. The zero-order chi connectivity index (χ0) is 12.3. The molecule has 92 valence electrons. The van der Waals surface area contributed by atoms with Gasteiger partial charge in [0.25, 0.3) is 0 Å². The van der Waals surface area contributed by atoms with Gasteiger partial charge in [-0.25, -0.2) is 4.79 Å². The molecule has 0 aromatic heterocycles. The molecule has 2 rings (SSSR count). The number of nitrogens with zero attached hydrogens (tertiary/aromatic N) is 1. The fraction of sp³-hybridized carbons (Fsp3) is 0.462. The number of amides is 1. The van der Waals surface area contributed by atoms with Crippen LogP contribution in [0.1, 0.15) is 12.5 Å². The molecule has 17 heavy (non-hydrogen) atoms. The van der Waals surface area contributed by atoms with E-state index in [2.05, 4.69) is 0 Å². The molecule has 1 aliphatic rings. The van der Waals surface area contributed by atoms with Gasteiger partial charge in [0.1, 0.15) is 6.61 Å². The van der Waals surface area contributed by atoms with Crippen molar-refractivity contribution in [2.75, 3.05) is 13.7 Å². The zero-order valence-corrected chi connectivity index (χ0v) is 10.1. The first-order valence-corrected chi connectivity index (χ1v) is 5.72. The van der Waals surface area contributed by atoms with Crippen LogP contribution in [0.3, 0.4) is 0 Å². The van der Waals surface area contributed by atoms with Crippen molar-refractivity contribution in [3.05, 3.63) is 35.9 Å².